The maximum atomic E-state index is 12.0. The third-order valence-corrected chi connectivity index (χ3v) is 4.99. The van der Waals surface area contributed by atoms with E-state index in [1.54, 1.807) is 45.7 Å². The normalized spacial score (nSPS) is 12.2. The number of alkyl halides is 3. The van der Waals surface area contributed by atoms with E-state index in [1.807, 2.05) is 37.6 Å². The number of benzene rings is 1. The molecule has 1 aromatic carbocycles. The van der Waals surface area contributed by atoms with Crippen LogP contribution in [0.1, 0.15) is 40.2 Å². The zero-order valence-corrected chi connectivity index (χ0v) is 23.5. The van der Waals surface area contributed by atoms with Crippen molar-refractivity contribution in [2.45, 2.75) is 46.4 Å². The van der Waals surface area contributed by atoms with Crippen LogP contribution in [0.25, 0.3) is 15.7 Å². The molecule has 1 aromatic heterocycles. The monoisotopic (exact) mass is 546 g/mol. The number of aromatic nitrogens is 1. The van der Waals surface area contributed by atoms with Gasteiger partial charge in [0.05, 0.1) is 11.9 Å². The maximum absolute atomic E-state index is 12.0. The van der Waals surface area contributed by atoms with Crippen molar-refractivity contribution < 1.29 is 18.3 Å². The van der Waals surface area contributed by atoms with Gasteiger partial charge in [0.25, 0.3) is 0 Å². The summed E-state index contributed by atoms with van der Waals surface area (Å²) in [6.45, 7) is 12.5. The maximum Gasteiger partial charge on any atom is 0.416 e. The molecule has 0 saturated carbocycles. The second kappa shape index (κ2) is 17.2. The van der Waals surface area contributed by atoms with Gasteiger partial charge < -0.3 is 16.6 Å². The number of nitrogens with zero attached hydrogens (tertiary/aromatic N) is 2. The van der Waals surface area contributed by atoms with Gasteiger partial charge in [-0.15, -0.1) is 11.8 Å². The predicted molar refractivity (Wildman–Crippen MR) is 157 cm³/mol. The summed E-state index contributed by atoms with van der Waals surface area (Å²) in [5.41, 5.74) is 10.9. The summed E-state index contributed by atoms with van der Waals surface area (Å²) in [6, 6.07) is 8.06. The van der Waals surface area contributed by atoms with E-state index in [4.69, 9.17) is 11.5 Å². The first-order valence-corrected chi connectivity index (χ1v) is 12.8. The zero-order valence-electron chi connectivity index (χ0n) is 22.7. The minimum atomic E-state index is -4.30. The molecule has 0 bridgehead atoms. The molecular formula is C29H37F3N4OS. The van der Waals surface area contributed by atoms with Crippen molar-refractivity contribution in [3.63, 3.8) is 0 Å². The Morgan fingerprint density at radius 1 is 1.18 bits per heavy atom. The summed E-state index contributed by atoms with van der Waals surface area (Å²) in [5, 5.41) is 12.0. The van der Waals surface area contributed by atoms with Crippen LogP contribution in [0.4, 0.5) is 13.2 Å². The zero-order chi connectivity index (χ0) is 29.4. The van der Waals surface area contributed by atoms with Crippen molar-refractivity contribution in [3.8, 4) is 11.8 Å². The molecule has 9 heteroatoms. The van der Waals surface area contributed by atoms with E-state index in [1.165, 1.54) is 12.4 Å². The van der Waals surface area contributed by atoms with Crippen LogP contribution in [0.15, 0.2) is 83.3 Å². The summed E-state index contributed by atoms with van der Waals surface area (Å²) in [6.07, 6.45) is 5.70. The third-order valence-electron chi connectivity index (χ3n) is 4.16. The Morgan fingerprint density at radius 3 is 2.29 bits per heavy atom. The molecule has 0 spiro atoms. The summed E-state index contributed by atoms with van der Waals surface area (Å²) >= 11 is 1.54. The summed E-state index contributed by atoms with van der Waals surface area (Å²) in [5.74, 6) is 5.71. The number of hydrogen-bond acceptors (Lipinski definition) is 5. The highest BCUT2D eigenvalue weighted by Crippen LogP contribution is 2.31. The summed E-state index contributed by atoms with van der Waals surface area (Å²) < 4.78 is 36.0. The number of allylic oxidation sites excluding steroid dienone is 6. The fourth-order valence-corrected chi connectivity index (χ4v) is 3.20. The molecule has 0 aliphatic heterocycles. The quantitative estimate of drug-likeness (QED) is 0.169. The Hall–Kier alpha value is -3.32. The van der Waals surface area contributed by atoms with Crippen LogP contribution in [0.3, 0.4) is 0 Å². The van der Waals surface area contributed by atoms with E-state index < -0.39 is 17.4 Å². The van der Waals surface area contributed by atoms with Gasteiger partial charge in [0.15, 0.2) is 0 Å². The molecule has 0 fully saturated rings. The van der Waals surface area contributed by atoms with Crippen molar-refractivity contribution in [1.29, 1.82) is 0 Å². The fraction of sp³-hybridized carbons (Fsp3) is 0.310. The molecule has 38 heavy (non-hydrogen) atoms. The van der Waals surface area contributed by atoms with Gasteiger partial charge in [0, 0.05) is 22.7 Å². The highest BCUT2D eigenvalue weighted by molar-refractivity contribution is 8.07. The van der Waals surface area contributed by atoms with Gasteiger partial charge >= 0.3 is 6.18 Å². The number of pyridine rings is 1. The highest BCUT2D eigenvalue weighted by Gasteiger charge is 2.30. The summed E-state index contributed by atoms with van der Waals surface area (Å²) in [4.78, 5) is 9.20. The van der Waals surface area contributed by atoms with E-state index in [9.17, 15) is 18.3 Å². The Kier molecular flexibility index (Phi) is 15.7. The number of halogens is 3. The molecule has 1 heterocycles. The Labute approximate surface area is 228 Å². The first-order valence-electron chi connectivity index (χ1n) is 11.6. The molecule has 0 atom stereocenters. The molecule has 5 N–H and O–H groups in total. The van der Waals surface area contributed by atoms with E-state index in [0.717, 1.165) is 45.5 Å². The number of hydrogen-bond donors (Lipinski definition) is 3. The van der Waals surface area contributed by atoms with Crippen LogP contribution in [0.5, 0.6) is 0 Å². The first-order chi connectivity index (χ1) is 17.7. The number of rotatable bonds is 5. The minimum Gasteiger partial charge on any atom is -0.390 e. The molecule has 2 rings (SSSR count). The Bertz CT molecular complexity index is 1220. The van der Waals surface area contributed by atoms with Gasteiger partial charge in [0.1, 0.15) is 11.3 Å². The van der Waals surface area contributed by atoms with Crippen LogP contribution < -0.4 is 11.5 Å². The largest absolute Gasteiger partial charge is 0.416 e. The molecule has 206 valence electrons. The predicted octanol–water partition coefficient (Wildman–Crippen LogP) is 6.62. The fourth-order valence-electron chi connectivity index (χ4n) is 2.54. The number of aliphatic hydroxyl groups is 1. The molecule has 0 aliphatic rings. The molecule has 5 nitrogen and oxygen atoms in total. The van der Waals surface area contributed by atoms with E-state index in [2.05, 4.69) is 34.5 Å². The highest BCUT2D eigenvalue weighted by atomic mass is 32.2. The Balaban J connectivity index is 0.000000770. The second-order valence-corrected chi connectivity index (χ2v) is 9.20. The lowest BCUT2D eigenvalue weighted by molar-refractivity contribution is -0.0881. The van der Waals surface area contributed by atoms with Gasteiger partial charge in [-0.3, -0.25) is 4.98 Å². The molecule has 0 radical (unpaired) electrons. The van der Waals surface area contributed by atoms with Gasteiger partial charge in [-0.05, 0) is 69.5 Å². The van der Waals surface area contributed by atoms with Crippen LogP contribution in [-0.4, -0.2) is 41.0 Å². The van der Waals surface area contributed by atoms with Crippen LogP contribution in [0, 0.1) is 11.8 Å². The number of nitrogens with two attached hydrogens (primary N) is 2. The second-order valence-electron chi connectivity index (χ2n) is 8.38. The molecule has 0 saturated heterocycles. The van der Waals surface area contributed by atoms with E-state index in [-0.39, 0.29) is 0 Å². The molecule has 0 unspecified atom stereocenters. The molecular weight excluding hydrogens is 509 g/mol. The van der Waals surface area contributed by atoms with Gasteiger partial charge in [-0.25, -0.2) is 4.99 Å². The SMILES string of the molecule is C=C/C(=C\C=C(C)C)C(F)(F)F.CCN.CS/C(=C(/C#CC(C)(C)O)N=CN)c1ccc2cnccc2c1. The number of fused-ring (bicyclic) bond motifs is 1. The van der Waals surface area contributed by atoms with Crippen molar-refractivity contribution in [2.24, 2.45) is 16.5 Å². The van der Waals surface area contributed by atoms with Crippen molar-refractivity contribution >= 4 is 33.8 Å². The smallest absolute Gasteiger partial charge is 0.390 e. The van der Waals surface area contributed by atoms with Crippen LogP contribution in [0.2, 0.25) is 0 Å². The van der Waals surface area contributed by atoms with Crippen LogP contribution in [-0.2, 0) is 0 Å². The average molecular weight is 547 g/mol. The van der Waals surface area contributed by atoms with Crippen molar-refractivity contribution in [2.75, 3.05) is 12.8 Å². The molecule has 0 aliphatic carbocycles. The lowest BCUT2D eigenvalue weighted by Gasteiger charge is -2.09. The number of aliphatic imine (C=N–C) groups is 1. The lowest BCUT2D eigenvalue weighted by Crippen LogP contribution is -2.14. The van der Waals surface area contributed by atoms with Gasteiger partial charge in [0.2, 0.25) is 0 Å². The standard InChI is InChI=1S/C18H19N3OS.C9H11F3.C2H7N/c1-18(2,22)8-6-16(21-12-19)17(23-3)14-4-5-15-11-20-9-7-13(15)10-14;1-4-8(9(10,11)12)6-5-7(2)3;1-2-3/h4-5,7,9-12,22H,1-3H3,(H2,19,21);4-6H,1H2,2-3H3;2-3H2,1H3/b17-16-;8-6+;. The average Bonchev–Trinajstić information content (AvgIpc) is 2.82. The lowest BCUT2D eigenvalue weighted by atomic mass is 10.1. The van der Waals surface area contributed by atoms with E-state index >= 15 is 0 Å². The van der Waals surface area contributed by atoms with E-state index in [0.29, 0.717) is 5.70 Å². The van der Waals surface area contributed by atoms with Crippen LogP contribution >= 0.6 is 11.8 Å². The van der Waals surface area contributed by atoms with Gasteiger partial charge in [-0.2, -0.15) is 13.2 Å². The Morgan fingerprint density at radius 2 is 1.82 bits per heavy atom. The minimum absolute atomic E-state index is 0.538. The topological polar surface area (TPSA) is 97.5 Å². The molecule has 2 aromatic rings. The first kappa shape index (κ1) is 34.7. The molecule has 0 amide bonds. The van der Waals surface area contributed by atoms with Crippen molar-refractivity contribution in [1.82, 2.24) is 4.98 Å². The third kappa shape index (κ3) is 13.8. The number of thioether (sulfide) groups is 1. The van der Waals surface area contributed by atoms with Gasteiger partial charge in [-0.1, -0.05) is 55.4 Å². The van der Waals surface area contributed by atoms with Crippen molar-refractivity contribution in [3.05, 3.63) is 83.9 Å². The summed E-state index contributed by atoms with van der Waals surface area (Å²) in [7, 11) is 0.